The van der Waals surface area contributed by atoms with Crippen molar-refractivity contribution in [2.45, 2.75) is 6.92 Å². The fourth-order valence-corrected chi connectivity index (χ4v) is 0.658. The maximum absolute atomic E-state index is 11.6. The Morgan fingerprint density at radius 2 is 2.10 bits per heavy atom. The van der Waals surface area contributed by atoms with Gasteiger partial charge in [-0.1, -0.05) is 36.6 Å². The Morgan fingerprint density at radius 3 is 2.50 bits per heavy atom. The number of thioether (sulfide) groups is 1. The van der Waals surface area contributed by atoms with Gasteiger partial charge in [-0.05, 0) is 13.0 Å². The second-order valence-electron chi connectivity index (χ2n) is 1.90. The SMILES string of the molecule is C=C(C)/C=C\C(=C)SCF. The van der Waals surface area contributed by atoms with E-state index in [4.69, 9.17) is 0 Å². The molecule has 0 aromatic carbocycles. The van der Waals surface area contributed by atoms with Crippen LogP contribution in [0.5, 0.6) is 0 Å². The molecule has 0 amide bonds. The van der Waals surface area contributed by atoms with Crippen molar-refractivity contribution in [3.63, 3.8) is 0 Å². The van der Waals surface area contributed by atoms with Crippen LogP contribution in [0.25, 0.3) is 0 Å². The molecule has 0 atom stereocenters. The molecule has 0 aliphatic rings. The van der Waals surface area contributed by atoms with Gasteiger partial charge in [0.15, 0.2) is 0 Å². The van der Waals surface area contributed by atoms with Crippen molar-refractivity contribution in [3.05, 3.63) is 35.8 Å². The Hall–Kier alpha value is -0.500. The Labute approximate surface area is 65.5 Å². The van der Waals surface area contributed by atoms with Gasteiger partial charge in [-0.25, -0.2) is 4.39 Å². The van der Waals surface area contributed by atoms with Crippen LogP contribution in [0.15, 0.2) is 35.8 Å². The minimum absolute atomic E-state index is 0.417. The van der Waals surface area contributed by atoms with E-state index < -0.39 is 6.01 Å². The maximum Gasteiger partial charge on any atom is 0.139 e. The lowest BCUT2D eigenvalue weighted by molar-refractivity contribution is 0.607. The zero-order chi connectivity index (χ0) is 7.98. The quantitative estimate of drug-likeness (QED) is 0.566. The van der Waals surface area contributed by atoms with Gasteiger partial charge in [0.1, 0.15) is 6.01 Å². The first-order chi connectivity index (χ1) is 4.66. The highest BCUT2D eigenvalue weighted by molar-refractivity contribution is 8.03. The molecule has 0 aromatic rings. The van der Waals surface area contributed by atoms with Gasteiger partial charge in [0.25, 0.3) is 0 Å². The van der Waals surface area contributed by atoms with Crippen molar-refractivity contribution in [1.82, 2.24) is 0 Å². The van der Waals surface area contributed by atoms with Gasteiger partial charge < -0.3 is 0 Å². The van der Waals surface area contributed by atoms with Crippen LogP contribution < -0.4 is 0 Å². The molecule has 0 saturated heterocycles. The van der Waals surface area contributed by atoms with E-state index in [1.807, 2.05) is 13.0 Å². The summed E-state index contributed by atoms with van der Waals surface area (Å²) >= 11 is 1.08. The minimum Gasteiger partial charge on any atom is -0.239 e. The lowest BCUT2D eigenvalue weighted by Crippen LogP contribution is -1.68. The molecule has 0 radical (unpaired) electrons. The highest BCUT2D eigenvalue weighted by Crippen LogP contribution is 2.14. The first-order valence-electron chi connectivity index (χ1n) is 2.88. The summed E-state index contributed by atoms with van der Waals surface area (Å²) in [6, 6.07) is -0.417. The fraction of sp³-hybridized carbons (Fsp3) is 0.250. The Bertz CT molecular complexity index is 159. The molecule has 0 N–H and O–H groups in total. The molecular weight excluding hydrogens is 147 g/mol. The minimum atomic E-state index is -0.417. The van der Waals surface area contributed by atoms with Crippen LogP contribution in [-0.4, -0.2) is 6.01 Å². The molecule has 0 aromatic heterocycles. The highest BCUT2D eigenvalue weighted by Gasteiger charge is 1.86. The standard InChI is InChI=1S/C8H11FS/c1-7(2)4-5-8(3)10-6-9/h4-5H,1,3,6H2,2H3/b5-4-. The third kappa shape index (κ3) is 5.63. The summed E-state index contributed by atoms with van der Waals surface area (Å²) in [5.74, 6) is 0. The number of alkyl halides is 1. The van der Waals surface area contributed by atoms with Crippen LogP contribution >= 0.6 is 11.8 Å². The zero-order valence-corrected chi connectivity index (χ0v) is 6.88. The molecule has 0 rings (SSSR count). The number of hydrogen-bond donors (Lipinski definition) is 0. The van der Waals surface area contributed by atoms with E-state index >= 15 is 0 Å². The van der Waals surface area contributed by atoms with Crippen molar-refractivity contribution in [2.75, 3.05) is 6.01 Å². The number of hydrogen-bond acceptors (Lipinski definition) is 1. The monoisotopic (exact) mass is 158 g/mol. The van der Waals surface area contributed by atoms with Crippen molar-refractivity contribution in [3.8, 4) is 0 Å². The van der Waals surface area contributed by atoms with Crippen LogP contribution in [-0.2, 0) is 0 Å². The van der Waals surface area contributed by atoms with Gasteiger partial charge in [0, 0.05) is 4.91 Å². The molecule has 0 aliphatic heterocycles. The fourth-order valence-electron chi connectivity index (χ4n) is 0.353. The van der Waals surface area contributed by atoms with Gasteiger partial charge in [0.2, 0.25) is 0 Å². The molecule has 10 heavy (non-hydrogen) atoms. The lowest BCUT2D eigenvalue weighted by atomic mass is 10.3. The first-order valence-corrected chi connectivity index (χ1v) is 3.86. The first kappa shape index (κ1) is 9.50. The molecule has 0 saturated carbocycles. The zero-order valence-electron chi connectivity index (χ0n) is 6.06. The van der Waals surface area contributed by atoms with Crippen LogP contribution in [0.3, 0.4) is 0 Å². The largest absolute Gasteiger partial charge is 0.239 e. The van der Waals surface area contributed by atoms with E-state index in [1.165, 1.54) is 0 Å². The van der Waals surface area contributed by atoms with Gasteiger partial charge in [0.05, 0.1) is 0 Å². The number of rotatable bonds is 4. The second-order valence-corrected chi connectivity index (χ2v) is 2.93. The van der Waals surface area contributed by atoms with Crippen LogP contribution in [0.4, 0.5) is 4.39 Å². The third-order valence-corrected chi connectivity index (χ3v) is 1.41. The molecular formula is C8H11FS. The average molecular weight is 158 g/mol. The predicted octanol–water partition coefficient (Wildman–Crippen LogP) is 3.29. The Kier molecular flexibility index (Phi) is 5.03. The van der Waals surface area contributed by atoms with Crippen LogP contribution in [0.1, 0.15) is 6.92 Å². The Balaban J connectivity index is 3.67. The van der Waals surface area contributed by atoms with E-state index in [9.17, 15) is 4.39 Å². The summed E-state index contributed by atoms with van der Waals surface area (Å²) in [5.41, 5.74) is 0.945. The molecule has 0 unspecified atom stereocenters. The maximum atomic E-state index is 11.6. The summed E-state index contributed by atoms with van der Waals surface area (Å²) in [6.45, 7) is 9.15. The van der Waals surface area contributed by atoms with Crippen molar-refractivity contribution in [2.24, 2.45) is 0 Å². The van der Waals surface area contributed by atoms with Crippen molar-refractivity contribution < 1.29 is 4.39 Å². The van der Waals surface area contributed by atoms with Crippen LogP contribution in [0.2, 0.25) is 0 Å². The van der Waals surface area contributed by atoms with E-state index in [1.54, 1.807) is 6.08 Å². The third-order valence-electron chi connectivity index (χ3n) is 0.794. The summed E-state index contributed by atoms with van der Waals surface area (Å²) < 4.78 is 11.6. The molecule has 0 nitrogen and oxygen atoms in total. The molecule has 0 bridgehead atoms. The summed E-state index contributed by atoms with van der Waals surface area (Å²) in [4.78, 5) is 0.727. The highest BCUT2D eigenvalue weighted by atomic mass is 32.2. The van der Waals surface area contributed by atoms with Gasteiger partial charge in [-0.15, -0.1) is 0 Å². The van der Waals surface area contributed by atoms with Gasteiger partial charge >= 0.3 is 0 Å². The summed E-state index contributed by atoms with van der Waals surface area (Å²) in [7, 11) is 0. The molecule has 0 heterocycles. The number of allylic oxidation sites excluding steroid dienone is 3. The van der Waals surface area contributed by atoms with Crippen LogP contribution in [0, 0.1) is 0 Å². The second kappa shape index (κ2) is 5.30. The van der Waals surface area contributed by atoms with E-state index in [2.05, 4.69) is 13.2 Å². The topological polar surface area (TPSA) is 0 Å². The molecule has 0 spiro atoms. The van der Waals surface area contributed by atoms with Crippen molar-refractivity contribution in [1.29, 1.82) is 0 Å². The lowest BCUT2D eigenvalue weighted by Gasteiger charge is -1.91. The summed E-state index contributed by atoms with van der Waals surface area (Å²) in [5, 5.41) is 0. The van der Waals surface area contributed by atoms with Gasteiger partial charge in [-0.2, -0.15) is 0 Å². The number of halogens is 1. The van der Waals surface area contributed by atoms with E-state index in [0.717, 1.165) is 22.2 Å². The van der Waals surface area contributed by atoms with Gasteiger partial charge in [-0.3, -0.25) is 0 Å². The van der Waals surface area contributed by atoms with E-state index in [-0.39, 0.29) is 0 Å². The molecule has 56 valence electrons. The normalized spacial score (nSPS) is 10.2. The average Bonchev–Trinajstić information content (AvgIpc) is 1.85. The molecule has 2 heteroatoms. The van der Waals surface area contributed by atoms with Crippen molar-refractivity contribution >= 4 is 11.8 Å². The predicted molar refractivity (Wildman–Crippen MR) is 46.7 cm³/mol. The Morgan fingerprint density at radius 1 is 1.50 bits per heavy atom. The van der Waals surface area contributed by atoms with E-state index in [0.29, 0.717) is 0 Å². The smallest absolute Gasteiger partial charge is 0.139 e. The molecule has 0 aliphatic carbocycles. The molecule has 0 fully saturated rings. The summed E-state index contributed by atoms with van der Waals surface area (Å²) in [6.07, 6.45) is 3.57.